The minimum Gasteiger partial charge on any atom is -0.398 e. The SMILES string of the molecule is Cc1nc2ccc(NC(=O)c3cccc(N)c3Cl)cc2s1. The number of aryl methyl sites for hydroxylation is 1. The number of hydrogen-bond acceptors (Lipinski definition) is 4. The first-order chi connectivity index (χ1) is 10.0. The Bertz CT molecular complexity index is 844. The second kappa shape index (κ2) is 5.35. The molecule has 0 saturated carbocycles. The number of anilines is 2. The van der Waals surface area contributed by atoms with Crippen molar-refractivity contribution in [2.45, 2.75) is 6.92 Å². The Hall–Kier alpha value is -2.11. The second-order valence-corrected chi connectivity index (χ2v) is 6.19. The summed E-state index contributed by atoms with van der Waals surface area (Å²) in [5, 5.41) is 4.09. The van der Waals surface area contributed by atoms with Crippen molar-refractivity contribution >= 4 is 50.4 Å². The van der Waals surface area contributed by atoms with Crippen molar-refractivity contribution in [2.24, 2.45) is 0 Å². The van der Waals surface area contributed by atoms with E-state index in [1.165, 1.54) is 0 Å². The number of nitrogen functional groups attached to an aromatic ring is 1. The van der Waals surface area contributed by atoms with Crippen LogP contribution in [0.1, 0.15) is 15.4 Å². The first-order valence-corrected chi connectivity index (χ1v) is 7.46. The van der Waals surface area contributed by atoms with Crippen LogP contribution in [0.25, 0.3) is 10.2 Å². The molecule has 21 heavy (non-hydrogen) atoms. The van der Waals surface area contributed by atoms with Crippen molar-refractivity contribution in [1.82, 2.24) is 4.98 Å². The Morgan fingerprint density at radius 2 is 2.14 bits per heavy atom. The average Bonchev–Trinajstić information content (AvgIpc) is 2.81. The van der Waals surface area contributed by atoms with Gasteiger partial charge in [-0.2, -0.15) is 0 Å². The highest BCUT2D eigenvalue weighted by atomic mass is 35.5. The molecule has 2 aromatic carbocycles. The number of carbonyl (C=O) groups excluding carboxylic acids is 1. The zero-order chi connectivity index (χ0) is 15.0. The van der Waals surface area contributed by atoms with Crippen LogP contribution in [0.3, 0.4) is 0 Å². The summed E-state index contributed by atoms with van der Waals surface area (Å²) in [6.45, 7) is 1.95. The molecule has 0 radical (unpaired) electrons. The third kappa shape index (κ3) is 2.70. The molecule has 1 heterocycles. The van der Waals surface area contributed by atoms with E-state index in [9.17, 15) is 4.79 Å². The molecule has 3 N–H and O–H groups in total. The monoisotopic (exact) mass is 317 g/mol. The zero-order valence-corrected chi connectivity index (χ0v) is 12.8. The number of fused-ring (bicyclic) bond motifs is 1. The Labute approximate surface area is 130 Å². The first-order valence-electron chi connectivity index (χ1n) is 6.27. The van der Waals surface area contributed by atoms with E-state index in [-0.39, 0.29) is 10.9 Å². The molecule has 6 heteroatoms. The van der Waals surface area contributed by atoms with Crippen LogP contribution < -0.4 is 11.1 Å². The third-order valence-corrected chi connectivity index (χ3v) is 4.38. The van der Waals surface area contributed by atoms with Crippen molar-refractivity contribution in [3.05, 3.63) is 52.0 Å². The van der Waals surface area contributed by atoms with E-state index in [0.717, 1.165) is 15.2 Å². The summed E-state index contributed by atoms with van der Waals surface area (Å²) >= 11 is 7.65. The number of nitrogens with zero attached hydrogens (tertiary/aromatic N) is 1. The van der Waals surface area contributed by atoms with Gasteiger partial charge in [0.25, 0.3) is 5.91 Å². The van der Waals surface area contributed by atoms with Gasteiger partial charge >= 0.3 is 0 Å². The van der Waals surface area contributed by atoms with Crippen molar-refractivity contribution in [1.29, 1.82) is 0 Å². The molecule has 1 amide bonds. The lowest BCUT2D eigenvalue weighted by Gasteiger charge is -2.08. The summed E-state index contributed by atoms with van der Waals surface area (Å²) in [5.41, 5.74) is 8.09. The van der Waals surface area contributed by atoms with Crippen LogP contribution in [0, 0.1) is 6.92 Å². The average molecular weight is 318 g/mol. The van der Waals surface area contributed by atoms with Crippen LogP contribution in [0.4, 0.5) is 11.4 Å². The number of amides is 1. The zero-order valence-electron chi connectivity index (χ0n) is 11.2. The normalized spacial score (nSPS) is 10.8. The van der Waals surface area contributed by atoms with Gasteiger partial charge in [-0.05, 0) is 37.3 Å². The van der Waals surface area contributed by atoms with Gasteiger partial charge in [-0.15, -0.1) is 11.3 Å². The van der Waals surface area contributed by atoms with E-state index in [4.69, 9.17) is 17.3 Å². The van der Waals surface area contributed by atoms with Crippen LogP contribution in [0.2, 0.25) is 5.02 Å². The summed E-state index contributed by atoms with van der Waals surface area (Å²) in [6, 6.07) is 10.6. The molecule has 4 nitrogen and oxygen atoms in total. The van der Waals surface area contributed by atoms with Gasteiger partial charge in [0.1, 0.15) is 0 Å². The Kier molecular flexibility index (Phi) is 3.53. The highest BCUT2D eigenvalue weighted by Gasteiger charge is 2.12. The number of hydrogen-bond donors (Lipinski definition) is 2. The fourth-order valence-corrected chi connectivity index (χ4v) is 3.12. The van der Waals surface area contributed by atoms with Gasteiger partial charge in [0.15, 0.2) is 0 Å². The summed E-state index contributed by atoms with van der Waals surface area (Å²) in [4.78, 5) is 16.7. The molecule has 0 aliphatic heterocycles. The number of carbonyl (C=O) groups is 1. The predicted molar refractivity (Wildman–Crippen MR) is 88.2 cm³/mol. The summed E-state index contributed by atoms with van der Waals surface area (Å²) in [5.74, 6) is -0.284. The van der Waals surface area contributed by atoms with E-state index < -0.39 is 0 Å². The molecule has 1 aromatic heterocycles. The van der Waals surface area contributed by atoms with Gasteiger partial charge in [0, 0.05) is 5.69 Å². The summed E-state index contributed by atoms with van der Waals surface area (Å²) < 4.78 is 1.03. The standard InChI is InChI=1S/C15H12ClN3OS/c1-8-18-12-6-5-9(7-13(12)21-8)19-15(20)10-3-2-4-11(17)14(10)16/h2-7H,17H2,1H3,(H,19,20). The molecular weight excluding hydrogens is 306 g/mol. The van der Waals surface area contributed by atoms with E-state index in [1.54, 1.807) is 29.5 Å². The molecule has 0 bridgehead atoms. The smallest absolute Gasteiger partial charge is 0.257 e. The van der Waals surface area contributed by atoms with Crippen LogP contribution >= 0.6 is 22.9 Å². The maximum atomic E-state index is 12.3. The van der Waals surface area contributed by atoms with Gasteiger partial charge in [0.2, 0.25) is 0 Å². The Morgan fingerprint density at radius 1 is 1.33 bits per heavy atom. The quantitative estimate of drug-likeness (QED) is 0.699. The van der Waals surface area contributed by atoms with Crippen LogP contribution in [0.5, 0.6) is 0 Å². The lowest BCUT2D eigenvalue weighted by Crippen LogP contribution is -2.12. The molecular formula is C15H12ClN3OS. The van der Waals surface area contributed by atoms with E-state index >= 15 is 0 Å². The number of aromatic nitrogens is 1. The number of nitrogens with two attached hydrogens (primary N) is 1. The summed E-state index contributed by atoms with van der Waals surface area (Å²) in [6.07, 6.45) is 0. The Morgan fingerprint density at radius 3 is 2.95 bits per heavy atom. The molecule has 106 valence electrons. The van der Waals surface area contributed by atoms with E-state index in [1.807, 2.05) is 25.1 Å². The molecule has 3 rings (SSSR count). The lowest BCUT2D eigenvalue weighted by molar-refractivity contribution is 0.102. The van der Waals surface area contributed by atoms with Gasteiger partial charge in [-0.25, -0.2) is 4.98 Å². The molecule has 0 aliphatic rings. The van der Waals surface area contributed by atoms with Crippen molar-refractivity contribution in [3.8, 4) is 0 Å². The van der Waals surface area contributed by atoms with E-state index in [0.29, 0.717) is 16.9 Å². The number of rotatable bonds is 2. The molecule has 0 atom stereocenters. The van der Waals surface area contributed by atoms with Crippen molar-refractivity contribution in [3.63, 3.8) is 0 Å². The molecule has 0 aliphatic carbocycles. The third-order valence-electron chi connectivity index (χ3n) is 3.03. The highest BCUT2D eigenvalue weighted by molar-refractivity contribution is 7.18. The predicted octanol–water partition coefficient (Wildman–Crippen LogP) is 4.09. The van der Waals surface area contributed by atoms with Crippen LogP contribution in [-0.2, 0) is 0 Å². The number of benzene rings is 2. The van der Waals surface area contributed by atoms with Crippen molar-refractivity contribution in [2.75, 3.05) is 11.1 Å². The largest absolute Gasteiger partial charge is 0.398 e. The fourth-order valence-electron chi connectivity index (χ4n) is 2.04. The maximum Gasteiger partial charge on any atom is 0.257 e. The maximum absolute atomic E-state index is 12.3. The topological polar surface area (TPSA) is 68.0 Å². The highest BCUT2D eigenvalue weighted by Crippen LogP contribution is 2.27. The van der Waals surface area contributed by atoms with Crippen LogP contribution in [0.15, 0.2) is 36.4 Å². The van der Waals surface area contributed by atoms with Gasteiger partial charge in [0.05, 0.1) is 31.5 Å². The molecule has 0 saturated heterocycles. The minimum absolute atomic E-state index is 0.268. The minimum atomic E-state index is -0.284. The van der Waals surface area contributed by atoms with Gasteiger partial charge in [-0.1, -0.05) is 17.7 Å². The molecule has 3 aromatic rings. The van der Waals surface area contributed by atoms with E-state index in [2.05, 4.69) is 10.3 Å². The number of thiazole rings is 1. The van der Waals surface area contributed by atoms with Gasteiger partial charge in [-0.3, -0.25) is 4.79 Å². The molecule has 0 unspecified atom stereocenters. The summed E-state index contributed by atoms with van der Waals surface area (Å²) in [7, 11) is 0. The van der Waals surface area contributed by atoms with Crippen LogP contribution in [-0.4, -0.2) is 10.9 Å². The lowest BCUT2D eigenvalue weighted by atomic mass is 10.2. The second-order valence-electron chi connectivity index (χ2n) is 4.58. The molecule has 0 spiro atoms. The first kappa shape index (κ1) is 13.9. The number of halogens is 1. The number of nitrogens with one attached hydrogen (secondary N) is 1. The Balaban J connectivity index is 1.90. The fraction of sp³-hybridized carbons (Fsp3) is 0.0667. The van der Waals surface area contributed by atoms with Crippen molar-refractivity contribution < 1.29 is 4.79 Å². The van der Waals surface area contributed by atoms with Gasteiger partial charge < -0.3 is 11.1 Å². The molecule has 0 fully saturated rings.